The van der Waals surface area contributed by atoms with Crippen molar-refractivity contribution in [3.05, 3.63) is 29.3 Å². The van der Waals surface area contributed by atoms with Gasteiger partial charge in [0.15, 0.2) is 0 Å². The minimum Gasteiger partial charge on any atom is -0.377 e. The van der Waals surface area contributed by atoms with Crippen LogP contribution in [0.15, 0.2) is 23.1 Å². The Balaban J connectivity index is 1.72. The third-order valence-electron chi connectivity index (χ3n) is 4.47. The summed E-state index contributed by atoms with van der Waals surface area (Å²) in [6.07, 6.45) is 2.54. The van der Waals surface area contributed by atoms with Gasteiger partial charge in [-0.25, -0.2) is 13.1 Å². The molecule has 0 bridgehead atoms. The van der Waals surface area contributed by atoms with Crippen LogP contribution in [-0.4, -0.2) is 45.0 Å². The molecule has 1 atom stereocenters. The van der Waals surface area contributed by atoms with Crippen molar-refractivity contribution in [2.45, 2.75) is 43.7 Å². The fourth-order valence-corrected chi connectivity index (χ4v) is 4.17. The van der Waals surface area contributed by atoms with Crippen molar-refractivity contribution in [2.24, 2.45) is 0 Å². The standard InChI is InChI=1S/C16H22N2O4S/c1-12(19)18-7-6-13-9-16(5-4-14(13)11-18)23(20,21)17-10-15-3-2-8-22-15/h4-5,9,15,17H,2-3,6-8,10-11H2,1H3. The van der Waals surface area contributed by atoms with Crippen molar-refractivity contribution in [1.29, 1.82) is 0 Å². The Morgan fingerprint density at radius 1 is 1.39 bits per heavy atom. The maximum Gasteiger partial charge on any atom is 0.240 e. The van der Waals surface area contributed by atoms with E-state index in [2.05, 4.69) is 4.72 Å². The number of nitrogens with zero attached hydrogens (tertiary/aromatic N) is 1. The summed E-state index contributed by atoms with van der Waals surface area (Å²) in [5, 5.41) is 0. The highest BCUT2D eigenvalue weighted by molar-refractivity contribution is 7.89. The summed E-state index contributed by atoms with van der Waals surface area (Å²) in [6.45, 7) is 3.76. The molecule has 1 amide bonds. The molecule has 2 aliphatic heterocycles. The number of hydrogen-bond acceptors (Lipinski definition) is 4. The number of rotatable bonds is 4. The van der Waals surface area contributed by atoms with Gasteiger partial charge < -0.3 is 9.64 Å². The van der Waals surface area contributed by atoms with Crippen LogP contribution in [0.1, 0.15) is 30.9 Å². The largest absolute Gasteiger partial charge is 0.377 e. The molecule has 23 heavy (non-hydrogen) atoms. The van der Waals surface area contributed by atoms with Crippen LogP contribution in [0.5, 0.6) is 0 Å². The number of fused-ring (bicyclic) bond motifs is 1. The van der Waals surface area contributed by atoms with Crippen LogP contribution in [-0.2, 0) is 32.5 Å². The van der Waals surface area contributed by atoms with E-state index in [0.717, 1.165) is 24.0 Å². The Kier molecular flexibility index (Phi) is 4.70. The number of sulfonamides is 1. The number of carbonyl (C=O) groups is 1. The van der Waals surface area contributed by atoms with Gasteiger partial charge in [0.1, 0.15) is 0 Å². The quantitative estimate of drug-likeness (QED) is 0.890. The first-order valence-electron chi connectivity index (χ1n) is 7.94. The van der Waals surface area contributed by atoms with Crippen molar-refractivity contribution in [2.75, 3.05) is 19.7 Å². The van der Waals surface area contributed by atoms with Crippen LogP contribution >= 0.6 is 0 Å². The second-order valence-electron chi connectivity index (χ2n) is 6.11. The van der Waals surface area contributed by atoms with Crippen LogP contribution in [0.4, 0.5) is 0 Å². The molecule has 0 spiro atoms. The Labute approximate surface area is 136 Å². The molecule has 3 rings (SSSR count). The van der Waals surface area contributed by atoms with Gasteiger partial charge in [-0.3, -0.25) is 4.79 Å². The number of carbonyl (C=O) groups excluding carboxylic acids is 1. The Morgan fingerprint density at radius 2 is 2.22 bits per heavy atom. The topological polar surface area (TPSA) is 75.7 Å². The first-order chi connectivity index (χ1) is 11.0. The van der Waals surface area contributed by atoms with Gasteiger partial charge in [-0.1, -0.05) is 6.07 Å². The summed E-state index contributed by atoms with van der Waals surface area (Å²) in [5.41, 5.74) is 2.02. The molecule has 7 heteroatoms. The van der Waals surface area contributed by atoms with Crippen LogP contribution in [0, 0.1) is 0 Å². The molecule has 6 nitrogen and oxygen atoms in total. The van der Waals surface area contributed by atoms with Crippen LogP contribution in [0.3, 0.4) is 0 Å². The van der Waals surface area contributed by atoms with Crippen molar-refractivity contribution in [3.63, 3.8) is 0 Å². The minimum absolute atomic E-state index is 0.0217. The van der Waals surface area contributed by atoms with Gasteiger partial charge in [0.25, 0.3) is 0 Å². The molecule has 2 heterocycles. The molecule has 1 fully saturated rings. The number of nitrogens with one attached hydrogen (secondary N) is 1. The molecule has 126 valence electrons. The average Bonchev–Trinajstić information content (AvgIpc) is 3.05. The predicted molar refractivity (Wildman–Crippen MR) is 85.4 cm³/mol. The first-order valence-corrected chi connectivity index (χ1v) is 9.42. The fourth-order valence-electron chi connectivity index (χ4n) is 3.06. The van der Waals surface area contributed by atoms with E-state index in [4.69, 9.17) is 4.74 Å². The average molecular weight is 338 g/mol. The molecule has 2 aliphatic rings. The lowest BCUT2D eigenvalue weighted by atomic mass is 10.00. The van der Waals surface area contributed by atoms with Gasteiger partial charge in [0, 0.05) is 33.2 Å². The van der Waals surface area contributed by atoms with E-state index in [9.17, 15) is 13.2 Å². The third-order valence-corrected chi connectivity index (χ3v) is 5.89. The number of hydrogen-bond donors (Lipinski definition) is 1. The molecule has 1 aromatic rings. The maximum atomic E-state index is 12.4. The van der Waals surface area contributed by atoms with Crippen molar-refractivity contribution >= 4 is 15.9 Å². The van der Waals surface area contributed by atoms with E-state index in [-0.39, 0.29) is 16.9 Å². The fraction of sp³-hybridized carbons (Fsp3) is 0.562. The number of ether oxygens (including phenoxy) is 1. The van der Waals surface area contributed by atoms with Gasteiger partial charge in [-0.2, -0.15) is 0 Å². The maximum absolute atomic E-state index is 12.4. The lowest BCUT2D eigenvalue weighted by Crippen LogP contribution is -2.35. The van der Waals surface area contributed by atoms with E-state index in [1.807, 2.05) is 6.07 Å². The van der Waals surface area contributed by atoms with Gasteiger partial charge in [0.2, 0.25) is 15.9 Å². The smallest absolute Gasteiger partial charge is 0.240 e. The van der Waals surface area contributed by atoms with Gasteiger partial charge in [-0.15, -0.1) is 0 Å². The zero-order valence-electron chi connectivity index (χ0n) is 13.2. The summed E-state index contributed by atoms with van der Waals surface area (Å²) in [6, 6.07) is 5.15. The lowest BCUT2D eigenvalue weighted by Gasteiger charge is -2.28. The molecule has 0 aliphatic carbocycles. The lowest BCUT2D eigenvalue weighted by molar-refractivity contribution is -0.129. The highest BCUT2D eigenvalue weighted by atomic mass is 32.2. The molecule has 1 unspecified atom stereocenters. The summed E-state index contributed by atoms with van der Waals surface area (Å²) in [7, 11) is -3.52. The highest BCUT2D eigenvalue weighted by Gasteiger charge is 2.23. The van der Waals surface area contributed by atoms with Gasteiger partial charge in [0.05, 0.1) is 11.0 Å². The van der Waals surface area contributed by atoms with E-state index < -0.39 is 10.0 Å². The van der Waals surface area contributed by atoms with Gasteiger partial charge in [-0.05, 0) is 42.5 Å². The van der Waals surface area contributed by atoms with Crippen LogP contribution < -0.4 is 4.72 Å². The van der Waals surface area contributed by atoms with Crippen molar-refractivity contribution in [3.8, 4) is 0 Å². The van der Waals surface area contributed by atoms with E-state index in [0.29, 0.717) is 32.7 Å². The highest BCUT2D eigenvalue weighted by Crippen LogP contribution is 2.23. The SMILES string of the molecule is CC(=O)N1CCc2cc(S(=O)(=O)NCC3CCCO3)ccc2C1. The van der Waals surface area contributed by atoms with Crippen LogP contribution in [0.2, 0.25) is 0 Å². The second kappa shape index (κ2) is 6.59. The Hall–Kier alpha value is -1.44. The zero-order chi connectivity index (χ0) is 16.4. The molecular formula is C16H22N2O4S. The monoisotopic (exact) mass is 338 g/mol. The Bertz CT molecular complexity index is 696. The van der Waals surface area contributed by atoms with E-state index in [1.165, 1.54) is 0 Å². The summed E-state index contributed by atoms with van der Waals surface area (Å²) in [4.78, 5) is 13.5. The molecule has 1 N–H and O–H groups in total. The first kappa shape index (κ1) is 16.4. The minimum atomic E-state index is -3.52. The number of amides is 1. The second-order valence-corrected chi connectivity index (χ2v) is 7.87. The summed E-state index contributed by atoms with van der Waals surface area (Å²) in [5.74, 6) is 0.0468. The van der Waals surface area contributed by atoms with E-state index in [1.54, 1.807) is 24.0 Å². The molecule has 1 saturated heterocycles. The molecule has 0 saturated carbocycles. The van der Waals surface area contributed by atoms with Gasteiger partial charge >= 0.3 is 0 Å². The molecule has 0 aromatic heterocycles. The summed E-state index contributed by atoms with van der Waals surface area (Å²) < 4.78 is 32.9. The zero-order valence-corrected chi connectivity index (χ0v) is 14.1. The number of benzene rings is 1. The normalized spacial score (nSPS) is 21.3. The van der Waals surface area contributed by atoms with Crippen LogP contribution in [0.25, 0.3) is 0 Å². The van der Waals surface area contributed by atoms with E-state index >= 15 is 0 Å². The molecular weight excluding hydrogens is 316 g/mol. The molecule has 0 radical (unpaired) electrons. The molecule has 1 aromatic carbocycles. The summed E-state index contributed by atoms with van der Waals surface area (Å²) >= 11 is 0. The van der Waals surface area contributed by atoms with Crippen molar-refractivity contribution < 1.29 is 17.9 Å². The van der Waals surface area contributed by atoms with Crippen molar-refractivity contribution in [1.82, 2.24) is 9.62 Å². The third kappa shape index (κ3) is 3.73. The predicted octanol–water partition coefficient (Wildman–Crippen LogP) is 1.05. The Morgan fingerprint density at radius 3 is 2.91 bits per heavy atom.